The molecule has 0 radical (unpaired) electrons. The van der Waals surface area contributed by atoms with E-state index in [-0.39, 0.29) is 30.3 Å². The Morgan fingerprint density at radius 1 is 1.13 bits per heavy atom. The van der Waals surface area contributed by atoms with Gasteiger partial charge in [-0.1, -0.05) is 24.3 Å². The zero-order valence-electron chi connectivity index (χ0n) is 22.1. The standard InChI is InChI=1S/C29H29FN2O6S/c1-5-36-27(33)15-20-8-6-7-9-25(20)37-17-21-18-38-26-11-10-19(14-23(21)26)22-12-13-31-24(28(22)30)16-32-39(34,35)29(2,3)4/h6-14,16,18H,5,15,17H2,1-4H3. The molecule has 2 aromatic heterocycles. The van der Waals surface area contributed by atoms with Crippen LogP contribution in [0.3, 0.4) is 0 Å². The van der Waals surface area contributed by atoms with Crippen LogP contribution in [0.25, 0.3) is 22.1 Å². The summed E-state index contributed by atoms with van der Waals surface area (Å²) in [6, 6.07) is 13.9. The SMILES string of the molecule is CCOC(=O)Cc1ccccc1OCc1coc2ccc(-c3ccnc(C=NS(=O)(=O)C(C)(C)C)c3F)cc12. The topological polar surface area (TPSA) is 108 Å². The Hall–Kier alpha value is -4.05. The first kappa shape index (κ1) is 28.0. The number of pyridine rings is 1. The van der Waals surface area contributed by atoms with Gasteiger partial charge in [0.25, 0.3) is 10.0 Å². The Bertz CT molecular complexity index is 1640. The summed E-state index contributed by atoms with van der Waals surface area (Å²) < 4.78 is 59.3. The lowest BCUT2D eigenvalue weighted by Crippen LogP contribution is -2.25. The lowest BCUT2D eigenvalue weighted by molar-refractivity contribution is -0.142. The van der Waals surface area contributed by atoms with E-state index in [2.05, 4.69) is 9.38 Å². The molecule has 0 atom stereocenters. The van der Waals surface area contributed by atoms with E-state index < -0.39 is 20.6 Å². The van der Waals surface area contributed by atoms with E-state index in [0.717, 1.165) is 17.2 Å². The zero-order valence-corrected chi connectivity index (χ0v) is 22.9. The summed E-state index contributed by atoms with van der Waals surface area (Å²) >= 11 is 0. The molecule has 4 aromatic rings. The summed E-state index contributed by atoms with van der Waals surface area (Å²) in [5.41, 5.74) is 2.60. The van der Waals surface area contributed by atoms with E-state index in [0.29, 0.717) is 29.1 Å². The highest BCUT2D eigenvalue weighted by Gasteiger charge is 2.28. The van der Waals surface area contributed by atoms with Gasteiger partial charge in [-0.05, 0) is 57.5 Å². The summed E-state index contributed by atoms with van der Waals surface area (Å²) in [6.45, 7) is 6.74. The van der Waals surface area contributed by atoms with E-state index in [4.69, 9.17) is 13.9 Å². The van der Waals surface area contributed by atoms with Crippen molar-refractivity contribution in [1.29, 1.82) is 0 Å². The van der Waals surface area contributed by atoms with E-state index >= 15 is 4.39 Å². The van der Waals surface area contributed by atoms with Crippen molar-refractivity contribution in [2.24, 2.45) is 4.40 Å². The van der Waals surface area contributed by atoms with E-state index in [1.165, 1.54) is 33.0 Å². The first-order valence-corrected chi connectivity index (χ1v) is 13.8. The van der Waals surface area contributed by atoms with Gasteiger partial charge >= 0.3 is 5.97 Å². The van der Waals surface area contributed by atoms with Crippen molar-refractivity contribution in [1.82, 2.24) is 4.98 Å². The van der Waals surface area contributed by atoms with Crippen molar-refractivity contribution in [3.05, 3.63) is 83.6 Å². The number of nitrogens with zero attached hydrogens (tertiary/aromatic N) is 2. The highest BCUT2D eigenvalue weighted by molar-refractivity contribution is 7.91. The van der Waals surface area contributed by atoms with E-state index in [1.807, 2.05) is 12.1 Å². The predicted octanol–water partition coefficient (Wildman–Crippen LogP) is 5.87. The van der Waals surface area contributed by atoms with Gasteiger partial charge in [-0.3, -0.25) is 9.78 Å². The highest BCUT2D eigenvalue weighted by atomic mass is 32.2. The minimum atomic E-state index is -3.85. The molecule has 39 heavy (non-hydrogen) atoms. The first-order valence-electron chi connectivity index (χ1n) is 12.3. The highest BCUT2D eigenvalue weighted by Crippen LogP contribution is 2.31. The number of hydrogen-bond acceptors (Lipinski definition) is 7. The maximum absolute atomic E-state index is 15.4. The van der Waals surface area contributed by atoms with Crippen molar-refractivity contribution in [3.63, 3.8) is 0 Å². The lowest BCUT2D eigenvalue weighted by atomic mass is 10.0. The fourth-order valence-corrected chi connectivity index (χ4v) is 4.28. The average Bonchev–Trinajstić information content (AvgIpc) is 3.29. The van der Waals surface area contributed by atoms with Gasteiger partial charge in [0.15, 0.2) is 5.82 Å². The average molecular weight is 553 g/mol. The predicted molar refractivity (Wildman–Crippen MR) is 147 cm³/mol. The third-order valence-corrected chi connectivity index (χ3v) is 7.90. The molecular weight excluding hydrogens is 523 g/mol. The van der Waals surface area contributed by atoms with Crippen LogP contribution in [0.15, 0.2) is 69.8 Å². The molecule has 4 rings (SSSR count). The molecule has 0 amide bonds. The molecule has 0 aliphatic rings. The van der Waals surface area contributed by atoms with Crippen LogP contribution in [0, 0.1) is 5.82 Å². The number of para-hydroxylation sites is 1. The van der Waals surface area contributed by atoms with Crippen molar-refractivity contribution < 1.29 is 31.5 Å². The fourth-order valence-electron chi connectivity index (χ4n) is 3.73. The number of esters is 1. The number of sulfonamides is 1. The maximum Gasteiger partial charge on any atom is 0.310 e. The molecule has 0 spiro atoms. The summed E-state index contributed by atoms with van der Waals surface area (Å²) in [7, 11) is -3.85. The third kappa shape index (κ3) is 6.34. The number of hydrogen-bond donors (Lipinski definition) is 0. The number of rotatable bonds is 9. The quantitative estimate of drug-likeness (QED) is 0.189. The lowest BCUT2D eigenvalue weighted by Gasteiger charge is -2.14. The minimum absolute atomic E-state index is 0.0876. The first-order chi connectivity index (χ1) is 18.5. The Balaban J connectivity index is 1.60. The van der Waals surface area contributed by atoms with Crippen molar-refractivity contribution in [2.75, 3.05) is 6.61 Å². The third-order valence-electron chi connectivity index (χ3n) is 5.96. The number of benzene rings is 2. The fraction of sp³-hybridized carbons (Fsp3) is 0.276. The second-order valence-electron chi connectivity index (χ2n) is 9.73. The second-order valence-corrected chi connectivity index (χ2v) is 12.1. The van der Waals surface area contributed by atoms with Gasteiger partial charge in [0, 0.05) is 28.3 Å². The molecule has 0 fully saturated rings. The number of carbonyl (C=O) groups excluding carboxylic acids is 1. The van der Waals surface area contributed by atoms with Crippen LogP contribution in [0.1, 0.15) is 44.5 Å². The van der Waals surface area contributed by atoms with Gasteiger partial charge in [0.05, 0.1) is 30.3 Å². The van der Waals surface area contributed by atoms with Crippen molar-refractivity contribution in [3.8, 4) is 16.9 Å². The second kappa shape index (κ2) is 11.4. The van der Waals surface area contributed by atoms with E-state index in [1.54, 1.807) is 43.5 Å². The monoisotopic (exact) mass is 552 g/mol. The van der Waals surface area contributed by atoms with Gasteiger partial charge in [-0.2, -0.15) is 4.40 Å². The number of aromatic nitrogens is 1. The molecule has 204 valence electrons. The molecule has 0 N–H and O–H groups in total. The van der Waals surface area contributed by atoms with Crippen LogP contribution in [0.4, 0.5) is 4.39 Å². The summed E-state index contributed by atoms with van der Waals surface area (Å²) in [5, 5.41) is 0.720. The molecule has 0 aliphatic heterocycles. The largest absolute Gasteiger partial charge is 0.488 e. The molecule has 2 heterocycles. The number of fused-ring (bicyclic) bond motifs is 1. The summed E-state index contributed by atoms with van der Waals surface area (Å²) in [5.74, 6) is -0.490. The number of carbonyl (C=O) groups is 1. The Morgan fingerprint density at radius 2 is 1.90 bits per heavy atom. The summed E-state index contributed by atoms with van der Waals surface area (Å²) in [6.07, 6.45) is 3.99. The molecule has 0 saturated carbocycles. The number of furan rings is 1. The molecule has 0 bridgehead atoms. The van der Waals surface area contributed by atoms with Gasteiger partial charge in [0.2, 0.25) is 0 Å². The Morgan fingerprint density at radius 3 is 2.64 bits per heavy atom. The van der Waals surface area contributed by atoms with Gasteiger partial charge in [-0.25, -0.2) is 12.8 Å². The van der Waals surface area contributed by atoms with E-state index in [9.17, 15) is 13.2 Å². The molecule has 0 aliphatic carbocycles. The Kier molecular flexibility index (Phi) is 8.15. The summed E-state index contributed by atoms with van der Waals surface area (Å²) in [4.78, 5) is 15.9. The maximum atomic E-state index is 15.4. The normalized spacial score (nSPS) is 12.2. The van der Waals surface area contributed by atoms with Gasteiger partial charge < -0.3 is 13.9 Å². The Labute approximate surface area is 226 Å². The van der Waals surface area contributed by atoms with Gasteiger partial charge in [0.1, 0.15) is 23.6 Å². The van der Waals surface area contributed by atoms with Crippen LogP contribution < -0.4 is 4.74 Å². The molecule has 8 nitrogen and oxygen atoms in total. The molecule has 0 saturated heterocycles. The number of halogens is 1. The molecule has 10 heteroatoms. The molecular formula is C29H29FN2O6S. The molecule has 0 unspecified atom stereocenters. The molecule has 2 aromatic carbocycles. The van der Waals surface area contributed by atoms with Crippen molar-refractivity contribution in [2.45, 2.75) is 45.5 Å². The van der Waals surface area contributed by atoms with Gasteiger partial charge in [-0.15, -0.1) is 0 Å². The van der Waals surface area contributed by atoms with Crippen LogP contribution in [0.2, 0.25) is 0 Å². The van der Waals surface area contributed by atoms with Crippen LogP contribution in [-0.2, 0) is 32.6 Å². The smallest absolute Gasteiger partial charge is 0.310 e. The van der Waals surface area contributed by atoms with Crippen LogP contribution in [0.5, 0.6) is 5.75 Å². The minimum Gasteiger partial charge on any atom is -0.488 e. The van der Waals surface area contributed by atoms with Crippen molar-refractivity contribution >= 4 is 33.2 Å². The number of ether oxygens (including phenoxy) is 2. The zero-order chi connectivity index (χ0) is 28.2. The van der Waals surface area contributed by atoms with Crippen LogP contribution in [-0.4, -0.2) is 36.9 Å². The van der Waals surface area contributed by atoms with Crippen LogP contribution >= 0.6 is 0 Å².